The van der Waals surface area contributed by atoms with Crippen molar-refractivity contribution in [3.05, 3.63) is 35.9 Å². The van der Waals surface area contributed by atoms with Crippen LogP contribution < -0.4 is 0 Å². The summed E-state index contributed by atoms with van der Waals surface area (Å²) < 4.78 is 4.78. The molecule has 0 aliphatic rings. The molecule has 0 spiro atoms. The van der Waals surface area contributed by atoms with E-state index < -0.39 is 17.3 Å². The summed E-state index contributed by atoms with van der Waals surface area (Å²) in [6, 6.07) is 8.42. The van der Waals surface area contributed by atoms with Crippen LogP contribution in [0.5, 0.6) is 0 Å². The predicted octanol–water partition coefficient (Wildman–Crippen LogP) is 2.00. The number of hydrogen-bond acceptors (Lipinski definition) is 3. The Balaban J connectivity index is 2.64. The summed E-state index contributed by atoms with van der Waals surface area (Å²) >= 11 is 5.14. The van der Waals surface area contributed by atoms with Crippen LogP contribution in [0.15, 0.2) is 30.3 Å². The number of carbonyl (C=O) groups is 2. The van der Waals surface area contributed by atoms with Crippen LogP contribution in [0.1, 0.15) is 17.3 Å². The Labute approximate surface area is 86.6 Å². The van der Waals surface area contributed by atoms with Crippen LogP contribution in [0.3, 0.4) is 0 Å². The highest BCUT2D eigenvalue weighted by atomic mass is 35.5. The van der Waals surface area contributed by atoms with Crippen molar-refractivity contribution in [1.29, 1.82) is 0 Å². The molecule has 0 amide bonds. The van der Waals surface area contributed by atoms with Gasteiger partial charge in [-0.15, -0.1) is 0 Å². The summed E-state index contributed by atoms with van der Waals surface area (Å²) in [6.45, 7) is 1.43. The number of ether oxygens (including phenoxy) is 1. The van der Waals surface area contributed by atoms with Gasteiger partial charge in [-0.05, 0) is 30.7 Å². The van der Waals surface area contributed by atoms with Crippen LogP contribution in [-0.4, -0.2) is 17.3 Å². The number of carbonyl (C=O) groups excluding carboxylic acids is 2. The number of rotatable bonds is 3. The molecule has 4 heteroatoms. The first-order valence-electron chi connectivity index (χ1n) is 4.06. The quantitative estimate of drug-likeness (QED) is 0.569. The summed E-state index contributed by atoms with van der Waals surface area (Å²) in [5, 5.41) is -0.686. The molecule has 0 radical (unpaired) electrons. The Kier molecular flexibility index (Phi) is 3.65. The lowest BCUT2D eigenvalue weighted by atomic mass is 10.2. The number of halogens is 1. The fourth-order valence-electron chi connectivity index (χ4n) is 0.849. The lowest BCUT2D eigenvalue weighted by Crippen LogP contribution is -2.20. The van der Waals surface area contributed by atoms with Crippen molar-refractivity contribution in [2.24, 2.45) is 0 Å². The Morgan fingerprint density at radius 1 is 1.29 bits per heavy atom. The molecule has 1 atom stereocenters. The SMILES string of the molecule is C[C@@H](OC(=O)c1ccccc1)C(=O)Cl. The molecule has 1 rings (SSSR count). The minimum Gasteiger partial charge on any atom is -0.450 e. The van der Waals surface area contributed by atoms with Crippen LogP contribution >= 0.6 is 11.6 Å². The van der Waals surface area contributed by atoms with Gasteiger partial charge in [-0.25, -0.2) is 4.79 Å². The van der Waals surface area contributed by atoms with Crippen molar-refractivity contribution in [3.8, 4) is 0 Å². The van der Waals surface area contributed by atoms with E-state index in [0.717, 1.165) is 0 Å². The van der Waals surface area contributed by atoms with Gasteiger partial charge < -0.3 is 4.74 Å². The molecule has 0 aliphatic carbocycles. The second kappa shape index (κ2) is 4.77. The van der Waals surface area contributed by atoms with E-state index in [9.17, 15) is 9.59 Å². The summed E-state index contributed by atoms with van der Waals surface area (Å²) in [5.74, 6) is -0.549. The van der Waals surface area contributed by atoms with Gasteiger partial charge in [0.15, 0.2) is 6.10 Å². The largest absolute Gasteiger partial charge is 0.450 e. The van der Waals surface area contributed by atoms with Gasteiger partial charge in [0.1, 0.15) is 0 Å². The second-order valence-electron chi connectivity index (χ2n) is 2.72. The molecule has 3 nitrogen and oxygen atoms in total. The molecular formula is C10H9ClO3. The number of esters is 1. The van der Waals surface area contributed by atoms with Gasteiger partial charge in [-0.1, -0.05) is 18.2 Å². The minimum absolute atomic E-state index is 0.400. The van der Waals surface area contributed by atoms with Crippen LogP contribution in [0.4, 0.5) is 0 Å². The van der Waals surface area contributed by atoms with Crippen LogP contribution in [0.2, 0.25) is 0 Å². The van der Waals surface area contributed by atoms with Crippen molar-refractivity contribution >= 4 is 22.8 Å². The molecule has 0 saturated heterocycles. The molecule has 0 unspecified atom stereocenters. The van der Waals surface area contributed by atoms with Gasteiger partial charge >= 0.3 is 5.97 Å². The average molecular weight is 213 g/mol. The lowest BCUT2D eigenvalue weighted by molar-refractivity contribution is -0.118. The van der Waals surface area contributed by atoms with E-state index in [-0.39, 0.29) is 0 Å². The third kappa shape index (κ3) is 2.85. The highest BCUT2D eigenvalue weighted by molar-refractivity contribution is 6.64. The van der Waals surface area contributed by atoms with E-state index in [4.69, 9.17) is 16.3 Å². The molecule has 1 aromatic carbocycles. The third-order valence-corrected chi connectivity index (χ3v) is 1.92. The highest BCUT2D eigenvalue weighted by Gasteiger charge is 2.16. The van der Waals surface area contributed by atoms with Crippen molar-refractivity contribution in [3.63, 3.8) is 0 Å². The third-order valence-electron chi connectivity index (χ3n) is 1.61. The van der Waals surface area contributed by atoms with Crippen LogP contribution in [-0.2, 0) is 9.53 Å². The lowest BCUT2D eigenvalue weighted by Gasteiger charge is -2.08. The molecule has 0 aliphatic heterocycles. The Morgan fingerprint density at radius 3 is 2.36 bits per heavy atom. The summed E-state index contributed by atoms with van der Waals surface area (Å²) in [7, 11) is 0. The molecule has 0 bridgehead atoms. The molecule has 0 aromatic heterocycles. The molecule has 0 saturated carbocycles. The molecule has 1 aromatic rings. The number of benzene rings is 1. The highest BCUT2D eigenvalue weighted by Crippen LogP contribution is 2.05. The fourth-order valence-corrected chi connectivity index (χ4v) is 0.894. The normalized spacial score (nSPS) is 11.9. The van der Waals surface area contributed by atoms with E-state index in [1.54, 1.807) is 30.3 Å². The fraction of sp³-hybridized carbons (Fsp3) is 0.200. The van der Waals surface area contributed by atoms with E-state index in [2.05, 4.69) is 0 Å². The molecule has 0 heterocycles. The average Bonchev–Trinajstić information content (AvgIpc) is 2.19. The summed E-state index contributed by atoms with van der Waals surface area (Å²) in [4.78, 5) is 21.9. The standard InChI is InChI=1S/C10H9ClO3/c1-7(9(11)12)14-10(13)8-5-3-2-4-6-8/h2-7H,1H3/t7-/m1/s1. The van der Waals surface area contributed by atoms with Gasteiger partial charge in [0, 0.05) is 0 Å². The molecule has 14 heavy (non-hydrogen) atoms. The van der Waals surface area contributed by atoms with E-state index in [1.165, 1.54) is 6.92 Å². The first-order valence-corrected chi connectivity index (χ1v) is 4.44. The van der Waals surface area contributed by atoms with E-state index >= 15 is 0 Å². The zero-order valence-corrected chi connectivity index (χ0v) is 8.32. The number of hydrogen-bond donors (Lipinski definition) is 0. The van der Waals surface area contributed by atoms with Gasteiger partial charge in [0.25, 0.3) is 5.24 Å². The van der Waals surface area contributed by atoms with Crippen molar-refractivity contribution in [2.75, 3.05) is 0 Å². The van der Waals surface area contributed by atoms with Crippen LogP contribution in [0, 0.1) is 0 Å². The molecular weight excluding hydrogens is 204 g/mol. The maximum Gasteiger partial charge on any atom is 0.338 e. The maximum absolute atomic E-state index is 11.3. The molecule has 0 fully saturated rings. The predicted molar refractivity (Wildman–Crippen MR) is 52.2 cm³/mol. The van der Waals surface area contributed by atoms with Gasteiger partial charge in [0.05, 0.1) is 5.56 Å². The first-order chi connectivity index (χ1) is 6.61. The van der Waals surface area contributed by atoms with Gasteiger partial charge in [-0.3, -0.25) is 4.79 Å². The van der Waals surface area contributed by atoms with Gasteiger partial charge in [0.2, 0.25) is 0 Å². The van der Waals surface area contributed by atoms with Crippen molar-refractivity contribution in [2.45, 2.75) is 13.0 Å². The van der Waals surface area contributed by atoms with Crippen molar-refractivity contribution < 1.29 is 14.3 Å². The summed E-state index contributed by atoms with van der Waals surface area (Å²) in [6.07, 6.45) is -0.913. The van der Waals surface area contributed by atoms with E-state index in [1.807, 2.05) is 0 Å². The Morgan fingerprint density at radius 2 is 1.86 bits per heavy atom. The molecule has 0 N–H and O–H groups in total. The van der Waals surface area contributed by atoms with Crippen molar-refractivity contribution in [1.82, 2.24) is 0 Å². The monoisotopic (exact) mass is 212 g/mol. The zero-order chi connectivity index (χ0) is 10.6. The summed E-state index contributed by atoms with van der Waals surface area (Å²) in [5.41, 5.74) is 0.400. The Hall–Kier alpha value is -1.35. The second-order valence-corrected chi connectivity index (χ2v) is 3.09. The maximum atomic E-state index is 11.3. The minimum atomic E-state index is -0.913. The molecule has 74 valence electrons. The Bertz CT molecular complexity index is 334. The topological polar surface area (TPSA) is 43.4 Å². The zero-order valence-electron chi connectivity index (χ0n) is 7.57. The van der Waals surface area contributed by atoms with Crippen LogP contribution in [0.25, 0.3) is 0 Å². The smallest absolute Gasteiger partial charge is 0.338 e. The first kappa shape index (κ1) is 10.7. The van der Waals surface area contributed by atoms with E-state index in [0.29, 0.717) is 5.56 Å². The van der Waals surface area contributed by atoms with Gasteiger partial charge in [-0.2, -0.15) is 0 Å².